The van der Waals surface area contributed by atoms with Gasteiger partial charge in [0.25, 0.3) is 0 Å². The van der Waals surface area contributed by atoms with E-state index in [1.54, 1.807) is 12.1 Å². The number of benzene rings is 1. The van der Waals surface area contributed by atoms with E-state index in [9.17, 15) is 4.39 Å². The molecule has 4 heteroatoms. The molecule has 0 radical (unpaired) electrons. The first kappa shape index (κ1) is 9.96. The molecular formula is C11H14FN3. The molecule has 0 saturated carbocycles. The highest BCUT2D eigenvalue weighted by atomic mass is 19.1. The maximum atomic E-state index is 13.5. The van der Waals surface area contributed by atoms with Gasteiger partial charge >= 0.3 is 0 Å². The maximum Gasteiger partial charge on any atom is 0.134 e. The lowest BCUT2D eigenvalue weighted by Gasteiger charge is -2.17. The van der Waals surface area contributed by atoms with Gasteiger partial charge in [0, 0.05) is 24.3 Å². The Hall–Kier alpha value is -1.58. The first-order valence-corrected chi connectivity index (χ1v) is 5.09. The van der Waals surface area contributed by atoms with E-state index in [1.807, 2.05) is 6.07 Å². The van der Waals surface area contributed by atoms with Crippen molar-refractivity contribution in [2.45, 2.75) is 12.8 Å². The topological polar surface area (TPSA) is 41.6 Å². The highest BCUT2D eigenvalue weighted by Gasteiger charge is 2.13. The fourth-order valence-corrected chi connectivity index (χ4v) is 1.87. The number of rotatable bonds is 2. The van der Waals surface area contributed by atoms with Gasteiger partial charge in [0.2, 0.25) is 0 Å². The summed E-state index contributed by atoms with van der Waals surface area (Å²) in [6, 6.07) is 5.16. The third kappa shape index (κ3) is 2.09. The predicted octanol–water partition coefficient (Wildman–Crippen LogP) is 1.72. The van der Waals surface area contributed by atoms with Crippen molar-refractivity contribution >= 4 is 11.9 Å². The van der Waals surface area contributed by atoms with Crippen LogP contribution in [0.1, 0.15) is 18.4 Å². The molecule has 1 saturated heterocycles. The van der Waals surface area contributed by atoms with Gasteiger partial charge in [0.15, 0.2) is 0 Å². The molecule has 0 bridgehead atoms. The van der Waals surface area contributed by atoms with Crippen molar-refractivity contribution in [3.63, 3.8) is 0 Å². The first-order valence-electron chi connectivity index (χ1n) is 5.09. The maximum absolute atomic E-state index is 13.5. The molecule has 0 aromatic heterocycles. The predicted molar refractivity (Wildman–Crippen MR) is 59.6 cm³/mol. The summed E-state index contributed by atoms with van der Waals surface area (Å²) < 4.78 is 13.5. The van der Waals surface area contributed by atoms with E-state index < -0.39 is 0 Å². The second-order valence-electron chi connectivity index (χ2n) is 3.68. The quantitative estimate of drug-likeness (QED) is 0.456. The summed E-state index contributed by atoms with van der Waals surface area (Å²) in [5.41, 5.74) is 1.37. The Kier molecular flexibility index (Phi) is 2.85. The molecule has 1 aliphatic heterocycles. The third-order valence-electron chi connectivity index (χ3n) is 2.67. The normalized spacial score (nSPS) is 16.5. The van der Waals surface area contributed by atoms with Crippen molar-refractivity contribution in [1.29, 1.82) is 0 Å². The molecule has 80 valence electrons. The van der Waals surface area contributed by atoms with Gasteiger partial charge in [-0.1, -0.05) is 0 Å². The summed E-state index contributed by atoms with van der Waals surface area (Å²) in [4.78, 5) is 2.19. The largest absolute Gasteiger partial charge is 0.371 e. The Labute approximate surface area is 88.4 Å². The fourth-order valence-electron chi connectivity index (χ4n) is 1.87. The van der Waals surface area contributed by atoms with Crippen molar-refractivity contribution in [3.8, 4) is 0 Å². The van der Waals surface area contributed by atoms with Gasteiger partial charge in [-0.15, -0.1) is 0 Å². The summed E-state index contributed by atoms with van der Waals surface area (Å²) in [5, 5.41) is 3.32. The molecule has 2 rings (SSSR count). The highest BCUT2D eigenvalue weighted by Crippen LogP contribution is 2.21. The van der Waals surface area contributed by atoms with Gasteiger partial charge in [0.05, 0.1) is 6.21 Å². The van der Waals surface area contributed by atoms with Crippen LogP contribution in [0.5, 0.6) is 0 Å². The van der Waals surface area contributed by atoms with Crippen LogP contribution in [0.4, 0.5) is 10.1 Å². The van der Waals surface area contributed by atoms with E-state index in [4.69, 9.17) is 5.84 Å². The first-order chi connectivity index (χ1) is 7.31. The molecule has 0 aliphatic carbocycles. The van der Waals surface area contributed by atoms with E-state index in [0.29, 0.717) is 5.56 Å². The lowest BCUT2D eigenvalue weighted by molar-refractivity contribution is 0.625. The van der Waals surface area contributed by atoms with Gasteiger partial charge in [0.1, 0.15) is 5.82 Å². The zero-order valence-electron chi connectivity index (χ0n) is 8.49. The summed E-state index contributed by atoms with van der Waals surface area (Å²) in [6.07, 6.45) is 3.70. The Morgan fingerprint density at radius 1 is 1.33 bits per heavy atom. The second-order valence-corrected chi connectivity index (χ2v) is 3.68. The van der Waals surface area contributed by atoms with Gasteiger partial charge in [-0.25, -0.2) is 4.39 Å². The van der Waals surface area contributed by atoms with Gasteiger partial charge < -0.3 is 10.7 Å². The third-order valence-corrected chi connectivity index (χ3v) is 2.67. The van der Waals surface area contributed by atoms with E-state index in [-0.39, 0.29) is 5.82 Å². The Morgan fingerprint density at radius 2 is 2.07 bits per heavy atom. The second kappa shape index (κ2) is 4.29. The number of hydrogen-bond donors (Lipinski definition) is 1. The summed E-state index contributed by atoms with van der Waals surface area (Å²) in [5.74, 6) is 4.71. The number of nitrogens with two attached hydrogens (primary N) is 1. The van der Waals surface area contributed by atoms with Crippen LogP contribution in [0.15, 0.2) is 23.3 Å². The molecule has 0 atom stereocenters. The van der Waals surface area contributed by atoms with E-state index in [0.717, 1.165) is 18.8 Å². The van der Waals surface area contributed by atoms with Gasteiger partial charge in [-0.05, 0) is 31.0 Å². The van der Waals surface area contributed by atoms with Crippen LogP contribution in [0.25, 0.3) is 0 Å². The van der Waals surface area contributed by atoms with Crippen molar-refractivity contribution in [2.75, 3.05) is 18.0 Å². The van der Waals surface area contributed by atoms with Crippen LogP contribution in [0.2, 0.25) is 0 Å². The standard InChI is InChI=1S/C11H14FN3/c12-11-7-10(15-5-1-2-6-15)4-3-9(11)8-14-13/h3-4,7-8H,1-2,5-6,13H2. The molecule has 2 N–H and O–H groups in total. The lowest BCUT2D eigenvalue weighted by Crippen LogP contribution is -2.17. The average molecular weight is 207 g/mol. The molecule has 0 spiro atoms. The van der Waals surface area contributed by atoms with Crippen LogP contribution in [-0.2, 0) is 0 Å². The van der Waals surface area contributed by atoms with Crippen LogP contribution in [0.3, 0.4) is 0 Å². The Balaban J connectivity index is 2.24. The molecule has 1 aromatic carbocycles. The molecular weight excluding hydrogens is 193 g/mol. The Bertz CT molecular complexity index is 370. The van der Waals surface area contributed by atoms with Crippen LogP contribution < -0.4 is 10.7 Å². The van der Waals surface area contributed by atoms with Crippen molar-refractivity contribution in [1.82, 2.24) is 0 Å². The van der Waals surface area contributed by atoms with Crippen molar-refractivity contribution in [3.05, 3.63) is 29.6 Å². The summed E-state index contributed by atoms with van der Waals surface area (Å²) >= 11 is 0. The molecule has 1 fully saturated rings. The summed E-state index contributed by atoms with van der Waals surface area (Å²) in [6.45, 7) is 2.04. The highest BCUT2D eigenvalue weighted by molar-refractivity contribution is 5.80. The minimum atomic E-state index is -0.270. The van der Waals surface area contributed by atoms with Crippen LogP contribution in [0, 0.1) is 5.82 Å². The van der Waals surface area contributed by atoms with Crippen molar-refractivity contribution in [2.24, 2.45) is 10.9 Å². The van der Waals surface area contributed by atoms with Gasteiger partial charge in [-0.2, -0.15) is 5.10 Å². The molecule has 0 amide bonds. The number of hydrazone groups is 1. The number of nitrogens with zero attached hydrogens (tertiary/aromatic N) is 2. The summed E-state index contributed by atoms with van der Waals surface area (Å²) in [7, 11) is 0. The Morgan fingerprint density at radius 3 is 2.67 bits per heavy atom. The van der Waals surface area contributed by atoms with Crippen LogP contribution >= 0.6 is 0 Å². The fraction of sp³-hybridized carbons (Fsp3) is 0.364. The van der Waals surface area contributed by atoms with E-state index in [2.05, 4.69) is 10.0 Å². The molecule has 3 nitrogen and oxygen atoms in total. The molecule has 1 aromatic rings. The number of anilines is 1. The lowest BCUT2D eigenvalue weighted by atomic mass is 10.2. The monoisotopic (exact) mass is 207 g/mol. The van der Waals surface area contributed by atoms with Crippen molar-refractivity contribution < 1.29 is 4.39 Å². The average Bonchev–Trinajstić information content (AvgIpc) is 2.74. The molecule has 1 aliphatic rings. The zero-order chi connectivity index (χ0) is 10.7. The van der Waals surface area contributed by atoms with E-state index >= 15 is 0 Å². The minimum absolute atomic E-state index is 0.270. The zero-order valence-corrected chi connectivity index (χ0v) is 8.49. The number of hydrogen-bond acceptors (Lipinski definition) is 3. The van der Waals surface area contributed by atoms with Crippen LogP contribution in [-0.4, -0.2) is 19.3 Å². The molecule has 0 unspecified atom stereocenters. The SMILES string of the molecule is NN=Cc1ccc(N2CCCC2)cc1F. The van der Waals surface area contributed by atoms with Gasteiger partial charge in [-0.3, -0.25) is 0 Å². The molecule has 1 heterocycles. The number of halogens is 1. The van der Waals surface area contributed by atoms with E-state index in [1.165, 1.54) is 19.1 Å². The molecule has 15 heavy (non-hydrogen) atoms. The smallest absolute Gasteiger partial charge is 0.134 e. The minimum Gasteiger partial charge on any atom is -0.371 e.